The van der Waals surface area contributed by atoms with E-state index in [0.717, 1.165) is 18.8 Å². The molecule has 0 aliphatic carbocycles. The maximum atomic E-state index is 5.30. The van der Waals surface area contributed by atoms with E-state index in [1.54, 1.807) is 0 Å². The monoisotopic (exact) mass is 194 g/mol. The largest absolute Gasteiger partial charge is 0.493 e. The van der Waals surface area contributed by atoms with E-state index in [0.29, 0.717) is 0 Å². The highest BCUT2D eigenvalue weighted by molar-refractivity contribution is 5.35. The topological polar surface area (TPSA) is 9.23 Å². The Morgan fingerprint density at radius 1 is 1.14 bits per heavy atom. The second-order valence-corrected chi connectivity index (χ2v) is 2.91. The van der Waals surface area contributed by atoms with Crippen molar-refractivity contribution < 1.29 is 4.74 Å². The summed E-state index contributed by atoms with van der Waals surface area (Å²) in [5.41, 5.74) is 1.34. The van der Waals surface area contributed by atoms with Crippen LogP contribution in [0.2, 0.25) is 0 Å². The van der Waals surface area contributed by atoms with E-state index in [4.69, 9.17) is 4.74 Å². The third kappa shape index (κ3) is 4.31. The van der Waals surface area contributed by atoms with Crippen molar-refractivity contribution in [3.63, 3.8) is 0 Å². The summed E-state index contributed by atoms with van der Waals surface area (Å²) in [5, 5.41) is 0. The van der Waals surface area contributed by atoms with Crippen LogP contribution in [-0.2, 0) is 6.42 Å². The fourth-order valence-corrected chi connectivity index (χ4v) is 1.12. The van der Waals surface area contributed by atoms with Crippen molar-refractivity contribution in [2.75, 3.05) is 6.61 Å². The number of fused-ring (bicyclic) bond motifs is 1. The molecule has 0 radical (unpaired) electrons. The average molecular weight is 194 g/mol. The van der Waals surface area contributed by atoms with Crippen LogP contribution < -0.4 is 4.74 Å². The Balaban J connectivity index is 0.000000294. The minimum Gasteiger partial charge on any atom is -0.493 e. The van der Waals surface area contributed by atoms with Gasteiger partial charge in [0.15, 0.2) is 0 Å². The van der Waals surface area contributed by atoms with Gasteiger partial charge in [-0.05, 0) is 11.6 Å². The molecule has 0 atom stereocenters. The van der Waals surface area contributed by atoms with Crippen molar-refractivity contribution in [3.05, 3.63) is 29.8 Å². The first kappa shape index (κ1) is 13.0. The molecule has 2 rings (SSSR count). The predicted octanol–water partition coefficient (Wildman–Crippen LogP) is 4.06. The van der Waals surface area contributed by atoms with Gasteiger partial charge in [0.1, 0.15) is 5.75 Å². The smallest absolute Gasteiger partial charge is 0.122 e. The van der Waals surface area contributed by atoms with Crippen molar-refractivity contribution in [2.45, 2.75) is 40.5 Å². The van der Waals surface area contributed by atoms with Gasteiger partial charge in [-0.1, -0.05) is 52.3 Å². The number of rotatable bonds is 0. The SMILES string of the molecule is CC.CCC.c1ccc2c(c1)CCO2. The Hall–Kier alpha value is -0.980. The van der Waals surface area contributed by atoms with Gasteiger partial charge in [0.05, 0.1) is 6.61 Å². The Labute approximate surface area is 88.1 Å². The predicted molar refractivity (Wildman–Crippen MR) is 63.0 cm³/mol. The number of benzene rings is 1. The molecule has 1 heteroatoms. The van der Waals surface area contributed by atoms with Crippen LogP contribution in [-0.4, -0.2) is 6.61 Å². The van der Waals surface area contributed by atoms with Crippen LogP contribution in [0.3, 0.4) is 0 Å². The zero-order valence-corrected chi connectivity index (χ0v) is 9.84. The van der Waals surface area contributed by atoms with Crippen molar-refractivity contribution in [1.29, 1.82) is 0 Å². The molecule has 0 unspecified atom stereocenters. The highest BCUT2D eigenvalue weighted by atomic mass is 16.5. The minimum atomic E-state index is 0.860. The fourth-order valence-electron chi connectivity index (χ4n) is 1.12. The summed E-state index contributed by atoms with van der Waals surface area (Å²) in [6.45, 7) is 9.11. The number of hydrogen-bond acceptors (Lipinski definition) is 1. The molecular weight excluding hydrogens is 172 g/mol. The van der Waals surface area contributed by atoms with Gasteiger partial charge in [-0.2, -0.15) is 0 Å². The quantitative estimate of drug-likeness (QED) is 0.605. The highest BCUT2D eigenvalue weighted by Crippen LogP contribution is 2.23. The zero-order valence-electron chi connectivity index (χ0n) is 9.84. The molecule has 1 heterocycles. The normalized spacial score (nSPS) is 11.1. The third-order valence-electron chi connectivity index (χ3n) is 1.60. The van der Waals surface area contributed by atoms with Crippen molar-refractivity contribution in [3.8, 4) is 5.75 Å². The van der Waals surface area contributed by atoms with E-state index in [-0.39, 0.29) is 0 Å². The molecule has 0 spiro atoms. The molecule has 1 nitrogen and oxygen atoms in total. The lowest BCUT2D eigenvalue weighted by Gasteiger charge is -1.93. The summed E-state index contributed by atoms with van der Waals surface area (Å²) in [5.74, 6) is 1.07. The second-order valence-electron chi connectivity index (χ2n) is 2.91. The lowest BCUT2D eigenvalue weighted by Crippen LogP contribution is -1.85. The van der Waals surface area contributed by atoms with Crippen LogP contribution in [0.15, 0.2) is 24.3 Å². The van der Waals surface area contributed by atoms with E-state index >= 15 is 0 Å². The maximum Gasteiger partial charge on any atom is 0.122 e. The summed E-state index contributed by atoms with van der Waals surface area (Å²) >= 11 is 0. The lowest BCUT2D eigenvalue weighted by atomic mass is 10.2. The molecule has 14 heavy (non-hydrogen) atoms. The standard InChI is InChI=1S/C8H8O.C3H8.C2H6/c1-2-4-8-7(3-1)5-6-9-8;1-3-2;1-2/h1-4H,5-6H2;3H2,1-2H3;1-2H3. The van der Waals surface area contributed by atoms with Crippen LogP contribution in [0.5, 0.6) is 5.75 Å². The van der Waals surface area contributed by atoms with E-state index in [1.807, 2.05) is 32.0 Å². The molecule has 1 aromatic carbocycles. The number of ether oxygens (including phenoxy) is 1. The minimum absolute atomic E-state index is 0.860. The maximum absolute atomic E-state index is 5.30. The van der Waals surface area contributed by atoms with Crippen molar-refractivity contribution in [1.82, 2.24) is 0 Å². The second kappa shape index (κ2) is 8.61. The Morgan fingerprint density at radius 2 is 1.71 bits per heavy atom. The Morgan fingerprint density at radius 3 is 2.29 bits per heavy atom. The van der Waals surface area contributed by atoms with Gasteiger partial charge in [-0.25, -0.2) is 0 Å². The summed E-state index contributed by atoms with van der Waals surface area (Å²) < 4.78 is 5.30. The molecule has 1 aliphatic rings. The molecule has 0 aromatic heterocycles. The number of para-hydroxylation sites is 1. The molecule has 0 saturated heterocycles. The zero-order chi connectivity index (χ0) is 10.8. The Bertz CT molecular complexity index is 207. The average Bonchev–Trinajstić information content (AvgIpc) is 2.69. The summed E-state index contributed by atoms with van der Waals surface area (Å²) in [6.07, 6.45) is 2.33. The summed E-state index contributed by atoms with van der Waals surface area (Å²) in [4.78, 5) is 0. The fraction of sp³-hybridized carbons (Fsp3) is 0.538. The van der Waals surface area contributed by atoms with Crippen LogP contribution in [0, 0.1) is 0 Å². The van der Waals surface area contributed by atoms with Crippen molar-refractivity contribution >= 4 is 0 Å². The van der Waals surface area contributed by atoms with Gasteiger partial charge in [0.2, 0.25) is 0 Å². The van der Waals surface area contributed by atoms with E-state index < -0.39 is 0 Å². The number of hydrogen-bond donors (Lipinski definition) is 0. The van der Waals surface area contributed by atoms with Crippen LogP contribution in [0.25, 0.3) is 0 Å². The molecule has 0 bridgehead atoms. The molecule has 80 valence electrons. The molecule has 0 N–H and O–H groups in total. The van der Waals surface area contributed by atoms with Gasteiger partial charge in [-0.3, -0.25) is 0 Å². The van der Waals surface area contributed by atoms with Gasteiger partial charge in [0, 0.05) is 6.42 Å². The van der Waals surface area contributed by atoms with Gasteiger partial charge < -0.3 is 4.74 Å². The van der Waals surface area contributed by atoms with Crippen LogP contribution >= 0.6 is 0 Å². The molecule has 1 aliphatic heterocycles. The van der Waals surface area contributed by atoms with E-state index in [1.165, 1.54) is 12.0 Å². The summed E-state index contributed by atoms with van der Waals surface area (Å²) in [7, 11) is 0. The molecule has 1 aromatic rings. The summed E-state index contributed by atoms with van der Waals surface area (Å²) in [6, 6.07) is 8.18. The van der Waals surface area contributed by atoms with Gasteiger partial charge in [0.25, 0.3) is 0 Å². The molecular formula is C13H22O. The molecule has 0 amide bonds. The molecule has 0 saturated carbocycles. The molecule has 0 fully saturated rings. The van der Waals surface area contributed by atoms with Crippen molar-refractivity contribution in [2.24, 2.45) is 0 Å². The van der Waals surface area contributed by atoms with Crippen LogP contribution in [0.1, 0.15) is 39.7 Å². The first-order valence-electron chi connectivity index (χ1n) is 5.59. The van der Waals surface area contributed by atoms with Gasteiger partial charge in [-0.15, -0.1) is 0 Å². The lowest BCUT2D eigenvalue weighted by molar-refractivity contribution is 0.357. The highest BCUT2D eigenvalue weighted by Gasteiger charge is 2.08. The Kier molecular flexibility index (Phi) is 8.01. The first-order valence-corrected chi connectivity index (χ1v) is 5.59. The third-order valence-corrected chi connectivity index (χ3v) is 1.60. The first-order chi connectivity index (χ1) is 6.88. The van der Waals surface area contributed by atoms with E-state index in [9.17, 15) is 0 Å². The van der Waals surface area contributed by atoms with Crippen LogP contribution in [0.4, 0.5) is 0 Å². The van der Waals surface area contributed by atoms with Gasteiger partial charge >= 0.3 is 0 Å². The van der Waals surface area contributed by atoms with E-state index in [2.05, 4.69) is 19.9 Å².